The van der Waals surface area contributed by atoms with E-state index < -0.39 is 0 Å². The van der Waals surface area contributed by atoms with E-state index in [9.17, 15) is 9.59 Å². The van der Waals surface area contributed by atoms with Crippen molar-refractivity contribution < 1.29 is 19.1 Å². The third-order valence-corrected chi connectivity index (χ3v) is 4.86. The van der Waals surface area contributed by atoms with Crippen LogP contribution in [0.15, 0.2) is 12.1 Å². The Morgan fingerprint density at radius 2 is 1.63 bits per heavy atom. The summed E-state index contributed by atoms with van der Waals surface area (Å²) in [5.74, 6) is 0.160. The predicted octanol–water partition coefficient (Wildman–Crippen LogP) is 2.67. The molecule has 7 nitrogen and oxygen atoms in total. The Kier molecular flexibility index (Phi) is 8.85. The fraction of sp³-hybridized carbons (Fsp3) is 0.579. The zero-order valence-corrected chi connectivity index (χ0v) is 17.2. The van der Waals surface area contributed by atoms with Crippen molar-refractivity contribution in [2.75, 3.05) is 32.6 Å². The summed E-state index contributed by atoms with van der Waals surface area (Å²) in [6, 6.07) is 2.96. The molecule has 152 valence electrons. The highest BCUT2D eigenvalue weighted by molar-refractivity contribution is 6.05. The third kappa shape index (κ3) is 5.49. The van der Waals surface area contributed by atoms with Gasteiger partial charge < -0.3 is 25.4 Å². The standard InChI is InChI=1S/C19H29N3O4.ClH/c1-12(13(2)20)18(23)21-15-11-17(26-4)16(25-3)10-14(15)19(24)22-8-6-5-7-9-22;/h10-13H,5-9,20H2,1-4H3,(H,21,23);1H. The van der Waals surface area contributed by atoms with Crippen molar-refractivity contribution in [2.24, 2.45) is 11.7 Å². The topological polar surface area (TPSA) is 93.9 Å². The number of carbonyl (C=O) groups excluding carboxylic acids is 2. The number of hydrogen-bond donors (Lipinski definition) is 2. The first-order valence-electron chi connectivity index (χ1n) is 9.00. The number of amides is 2. The Labute approximate surface area is 167 Å². The number of rotatable bonds is 6. The molecule has 0 aliphatic carbocycles. The van der Waals surface area contributed by atoms with E-state index in [0.29, 0.717) is 22.7 Å². The van der Waals surface area contributed by atoms with Gasteiger partial charge in [-0.3, -0.25) is 9.59 Å². The van der Waals surface area contributed by atoms with Crippen molar-refractivity contribution in [3.63, 3.8) is 0 Å². The van der Waals surface area contributed by atoms with Crippen LogP contribution >= 0.6 is 12.4 Å². The van der Waals surface area contributed by atoms with Gasteiger partial charge in [0.05, 0.1) is 31.4 Å². The van der Waals surface area contributed by atoms with Gasteiger partial charge in [-0.25, -0.2) is 0 Å². The highest BCUT2D eigenvalue weighted by Crippen LogP contribution is 2.34. The SMILES string of the molecule is COc1cc(NC(=O)C(C)C(C)N)c(C(=O)N2CCCCC2)cc1OC.Cl. The molecule has 2 unspecified atom stereocenters. The van der Waals surface area contributed by atoms with Crippen LogP contribution in [0, 0.1) is 5.92 Å². The second kappa shape index (κ2) is 10.4. The first kappa shape index (κ1) is 23.0. The average molecular weight is 400 g/mol. The Bertz CT molecular complexity index is 661. The lowest BCUT2D eigenvalue weighted by molar-refractivity contribution is -0.119. The van der Waals surface area contributed by atoms with E-state index in [2.05, 4.69) is 5.32 Å². The zero-order chi connectivity index (χ0) is 19.3. The van der Waals surface area contributed by atoms with E-state index in [0.717, 1.165) is 32.4 Å². The predicted molar refractivity (Wildman–Crippen MR) is 108 cm³/mol. The number of ether oxygens (including phenoxy) is 2. The summed E-state index contributed by atoms with van der Waals surface area (Å²) in [4.78, 5) is 27.3. The maximum Gasteiger partial charge on any atom is 0.256 e. The van der Waals surface area contributed by atoms with Gasteiger partial charge in [-0.05, 0) is 32.3 Å². The van der Waals surface area contributed by atoms with Crippen LogP contribution in [-0.2, 0) is 4.79 Å². The molecule has 1 fully saturated rings. The Balaban J connectivity index is 0.00000364. The molecule has 0 bridgehead atoms. The molecule has 0 aromatic heterocycles. The monoisotopic (exact) mass is 399 g/mol. The van der Waals surface area contributed by atoms with Gasteiger partial charge in [-0.2, -0.15) is 0 Å². The molecule has 1 heterocycles. The molecule has 27 heavy (non-hydrogen) atoms. The number of halogens is 1. The molecule has 0 radical (unpaired) electrons. The molecule has 2 atom stereocenters. The van der Waals surface area contributed by atoms with Gasteiger partial charge in [-0.15, -0.1) is 12.4 Å². The molecule has 0 spiro atoms. The van der Waals surface area contributed by atoms with Crippen LogP contribution in [0.2, 0.25) is 0 Å². The summed E-state index contributed by atoms with van der Waals surface area (Å²) < 4.78 is 10.7. The number of hydrogen-bond acceptors (Lipinski definition) is 5. The number of piperidine rings is 1. The smallest absolute Gasteiger partial charge is 0.256 e. The lowest BCUT2D eigenvalue weighted by Gasteiger charge is -2.28. The summed E-state index contributed by atoms with van der Waals surface area (Å²) in [5, 5.41) is 2.84. The summed E-state index contributed by atoms with van der Waals surface area (Å²) in [6.45, 7) is 4.97. The molecule has 1 aliphatic rings. The van der Waals surface area contributed by atoms with Crippen LogP contribution in [0.4, 0.5) is 5.69 Å². The molecule has 0 saturated carbocycles. The second-order valence-electron chi connectivity index (χ2n) is 6.74. The van der Waals surface area contributed by atoms with Crippen molar-refractivity contribution in [3.05, 3.63) is 17.7 Å². The van der Waals surface area contributed by atoms with Gasteiger partial charge in [0.25, 0.3) is 5.91 Å². The number of nitrogens with two attached hydrogens (primary N) is 1. The van der Waals surface area contributed by atoms with E-state index in [-0.39, 0.29) is 36.2 Å². The van der Waals surface area contributed by atoms with Gasteiger partial charge >= 0.3 is 0 Å². The van der Waals surface area contributed by atoms with Crippen molar-refractivity contribution in [2.45, 2.75) is 39.2 Å². The molecule has 1 aromatic carbocycles. The van der Waals surface area contributed by atoms with Gasteiger partial charge in [0.15, 0.2) is 11.5 Å². The summed E-state index contributed by atoms with van der Waals surface area (Å²) in [7, 11) is 3.03. The Morgan fingerprint density at radius 3 is 2.15 bits per heavy atom. The minimum atomic E-state index is -0.388. The summed E-state index contributed by atoms with van der Waals surface area (Å²) >= 11 is 0. The number of anilines is 1. The van der Waals surface area contributed by atoms with Crippen LogP contribution in [0.25, 0.3) is 0 Å². The van der Waals surface area contributed by atoms with E-state index >= 15 is 0 Å². The molecule has 2 amide bonds. The van der Waals surface area contributed by atoms with E-state index in [1.54, 1.807) is 26.0 Å². The second-order valence-corrected chi connectivity index (χ2v) is 6.74. The van der Waals surface area contributed by atoms with E-state index in [1.807, 2.05) is 4.90 Å². The minimum Gasteiger partial charge on any atom is -0.493 e. The maximum atomic E-state index is 13.0. The first-order valence-corrected chi connectivity index (χ1v) is 9.00. The van der Waals surface area contributed by atoms with Crippen molar-refractivity contribution in [1.82, 2.24) is 4.90 Å². The van der Waals surface area contributed by atoms with Crippen LogP contribution in [0.5, 0.6) is 11.5 Å². The molecule has 8 heteroatoms. The van der Waals surface area contributed by atoms with Gasteiger partial charge in [0.2, 0.25) is 5.91 Å². The normalized spacial score (nSPS) is 16.0. The molecule has 1 aliphatic heterocycles. The molecule has 3 N–H and O–H groups in total. The van der Waals surface area contributed by atoms with Crippen molar-refractivity contribution in [3.8, 4) is 11.5 Å². The third-order valence-electron chi connectivity index (χ3n) is 4.86. The fourth-order valence-electron chi connectivity index (χ4n) is 2.91. The largest absolute Gasteiger partial charge is 0.493 e. The van der Waals surface area contributed by atoms with Gasteiger partial charge in [0, 0.05) is 25.2 Å². The number of nitrogens with one attached hydrogen (secondary N) is 1. The fourth-order valence-corrected chi connectivity index (χ4v) is 2.91. The molecular formula is C19H30ClN3O4. The van der Waals surface area contributed by atoms with Crippen LogP contribution in [0.3, 0.4) is 0 Å². The molecule has 1 aromatic rings. The minimum absolute atomic E-state index is 0. The Hall–Kier alpha value is -1.99. The molecular weight excluding hydrogens is 370 g/mol. The highest BCUT2D eigenvalue weighted by Gasteiger charge is 2.25. The lowest BCUT2D eigenvalue weighted by atomic mass is 10.0. The number of carbonyl (C=O) groups is 2. The summed E-state index contributed by atoms with van der Waals surface area (Å²) in [5.41, 5.74) is 6.64. The van der Waals surface area contributed by atoms with E-state index in [1.165, 1.54) is 14.2 Å². The average Bonchev–Trinajstić information content (AvgIpc) is 2.66. The number of benzene rings is 1. The van der Waals surface area contributed by atoms with Gasteiger partial charge in [0.1, 0.15) is 0 Å². The lowest BCUT2D eigenvalue weighted by Crippen LogP contribution is -2.37. The molecule has 1 saturated heterocycles. The molecule has 2 rings (SSSR count). The number of nitrogens with zero attached hydrogens (tertiary/aromatic N) is 1. The quantitative estimate of drug-likeness (QED) is 0.766. The van der Waals surface area contributed by atoms with E-state index in [4.69, 9.17) is 15.2 Å². The van der Waals surface area contributed by atoms with Gasteiger partial charge in [-0.1, -0.05) is 6.92 Å². The summed E-state index contributed by atoms with van der Waals surface area (Å²) in [6.07, 6.45) is 3.11. The van der Waals surface area contributed by atoms with Crippen molar-refractivity contribution in [1.29, 1.82) is 0 Å². The van der Waals surface area contributed by atoms with Crippen LogP contribution < -0.4 is 20.5 Å². The van der Waals surface area contributed by atoms with Crippen LogP contribution in [-0.4, -0.2) is 50.1 Å². The number of likely N-dealkylation sites (tertiary alicyclic amines) is 1. The maximum absolute atomic E-state index is 13.0. The van der Waals surface area contributed by atoms with Crippen LogP contribution in [0.1, 0.15) is 43.5 Å². The first-order chi connectivity index (χ1) is 12.4. The number of methoxy groups -OCH3 is 2. The zero-order valence-electron chi connectivity index (χ0n) is 16.4. The Morgan fingerprint density at radius 1 is 1.07 bits per heavy atom. The highest BCUT2D eigenvalue weighted by atomic mass is 35.5. The van der Waals surface area contributed by atoms with Crippen molar-refractivity contribution >= 4 is 29.9 Å².